The van der Waals surface area contributed by atoms with Gasteiger partial charge in [-0.25, -0.2) is 0 Å². The van der Waals surface area contributed by atoms with E-state index in [2.05, 4.69) is 37.3 Å². The Balaban J connectivity index is 1.85. The number of para-hydroxylation sites is 1. The van der Waals surface area contributed by atoms with E-state index in [-0.39, 0.29) is 0 Å². The SMILES string of the molecule is CCCCCC(CCCc1ccccc1O)Cc1ccccc1. The minimum absolute atomic E-state index is 0.443. The Morgan fingerprint density at radius 1 is 0.826 bits per heavy atom. The number of hydrogen-bond donors (Lipinski definition) is 1. The van der Waals surface area contributed by atoms with Crippen molar-refractivity contribution in [3.63, 3.8) is 0 Å². The quantitative estimate of drug-likeness (QED) is 0.521. The van der Waals surface area contributed by atoms with Crippen LogP contribution in [0.4, 0.5) is 0 Å². The third-order valence-corrected chi connectivity index (χ3v) is 4.63. The summed E-state index contributed by atoms with van der Waals surface area (Å²) in [5.74, 6) is 1.20. The summed E-state index contributed by atoms with van der Waals surface area (Å²) in [5, 5.41) is 9.88. The number of aromatic hydroxyl groups is 1. The van der Waals surface area contributed by atoms with Gasteiger partial charge in [0.1, 0.15) is 5.75 Å². The Hall–Kier alpha value is -1.76. The zero-order valence-corrected chi connectivity index (χ0v) is 14.4. The molecule has 1 atom stereocenters. The first-order chi connectivity index (χ1) is 11.3. The van der Waals surface area contributed by atoms with Crippen LogP contribution in [0.5, 0.6) is 5.75 Å². The number of unbranched alkanes of at least 4 members (excludes halogenated alkanes) is 2. The molecule has 0 aliphatic heterocycles. The number of rotatable bonds is 10. The Bertz CT molecular complexity index is 547. The largest absolute Gasteiger partial charge is 0.508 e. The lowest BCUT2D eigenvalue weighted by Gasteiger charge is -2.17. The van der Waals surface area contributed by atoms with Crippen LogP contribution in [-0.4, -0.2) is 5.11 Å². The van der Waals surface area contributed by atoms with Gasteiger partial charge in [0.2, 0.25) is 0 Å². The van der Waals surface area contributed by atoms with Crippen molar-refractivity contribution >= 4 is 0 Å². The summed E-state index contributed by atoms with van der Waals surface area (Å²) in [6.07, 6.45) is 9.85. The second-order valence-electron chi connectivity index (χ2n) is 6.57. The zero-order valence-electron chi connectivity index (χ0n) is 14.4. The maximum Gasteiger partial charge on any atom is 0.118 e. The predicted octanol–water partition coefficient (Wildman–Crippen LogP) is 6.15. The molecule has 1 N–H and O–H groups in total. The summed E-state index contributed by atoms with van der Waals surface area (Å²) < 4.78 is 0. The van der Waals surface area contributed by atoms with Gasteiger partial charge in [-0.2, -0.15) is 0 Å². The lowest BCUT2D eigenvalue weighted by atomic mass is 9.88. The van der Waals surface area contributed by atoms with Gasteiger partial charge in [-0.15, -0.1) is 0 Å². The number of aryl methyl sites for hydroxylation is 1. The fourth-order valence-electron chi connectivity index (χ4n) is 3.28. The second-order valence-corrected chi connectivity index (χ2v) is 6.57. The Labute approximate surface area is 141 Å². The smallest absolute Gasteiger partial charge is 0.118 e. The first kappa shape index (κ1) is 17.6. The van der Waals surface area contributed by atoms with Crippen LogP contribution < -0.4 is 0 Å². The van der Waals surface area contributed by atoms with Crippen molar-refractivity contribution in [2.24, 2.45) is 5.92 Å². The molecule has 0 radical (unpaired) electrons. The minimum atomic E-state index is 0.443. The molecule has 124 valence electrons. The molecule has 2 rings (SSSR count). The van der Waals surface area contributed by atoms with Gasteiger partial charge in [0.15, 0.2) is 0 Å². The summed E-state index contributed by atoms with van der Waals surface area (Å²) >= 11 is 0. The van der Waals surface area contributed by atoms with Crippen molar-refractivity contribution in [1.29, 1.82) is 0 Å². The zero-order chi connectivity index (χ0) is 16.3. The minimum Gasteiger partial charge on any atom is -0.508 e. The summed E-state index contributed by atoms with van der Waals surface area (Å²) in [4.78, 5) is 0. The van der Waals surface area contributed by atoms with Gasteiger partial charge in [-0.05, 0) is 48.8 Å². The maximum absolute atomic E-state index is 9.88. The Morgan fingerprint density at radius 3 is 2.26 bits per heavy atom. The molecule has 0 fully saturated rings. The Kier molecular flexibility index (Phi) is 7.72. The van der Waals surface area contributed by atoms with Crippen molar-refractivity contribution in [3.05, 3.63) is 65.7 Å². The molecule has 0 aromatic heterocycles. The third-order valence-electron chi connectivity index (χ3n) is 4.63. The number of phenolic OH excluding ortho intramolecular Hbond substituents is 1. The average Bonchev–Trinajstić information content (AvgIpc) is 2.57. The molecular formula is C22H30O. The molecule has 0 aliphatic rings. The molecule has 1 heteroatoms. The van der Waals surface area contributed by atoms with Crippen LogP contribution >= 0.6 is 0 Å². The highest BCUT2D eigenvalue weighted by atomic mass is 16.3. The molecule has 0 spiro atoms. The van der Waals surface area contributed by atoms with E-state index in [9.17, 15) is 5.11 Å². The molecule has 0 bridgehead atoms. The molecule has 2 aromatic rings. The molecule has 0 saturated heterocycles. The predicted molar refractivity (Wildman–Crippen MR) is 98.8 cm³/mol. The summed E-state index contributed by atoms with van der Waals surface area (Å²) in [7, 11) is 0. The molecule has 1 unspecified atom stereocenters. The highest BCUT2D eigenvalue weighted by Crippen LogP contribution is 2.24. The van der Waals surface area contributed by atoms with Crippen LogP contribution in [0.15, 0.2) is 54.6 Å². The van der Waals surface area contributed by atoms with E-state index in [4.69, 9.17) is 0 Å². The fraction of sp³-hybridized carbons (Fsp3) is 0.455. The maximum atomic E-state index is 9.88. The van der Waals surface area contributed by atoms with Crippen LogP contribution in [0.25, 0.3) is 0 Å². The Morgan fingerprint density at radius 2 is 1.52 bits per heavy atom. The van der Waals surface area contributed by atoms with Gasteiger partial charge in [-0.3, -0.25) is 0 Å². The van der Waals surface area contributed by atoms with E-state index < -0.39 is 0 Å². The molecular weight excluding hydrogens is 280 g/mol. The average molecular weight is 310 g/mol. The number of phenols is 1. The lowest BCUT2D eigenvalue weighted by molar-refractivity contribution is 0.411. The summed E-state index contributed by atoms with van der Waals surface area (Å²) in [6, 6.07) is 18.6. The van der Waals surface area contributed by atoms with Crippen LogP contribution in [0, 0.1) is 5.92 Å². The van der Waals surface area contributed by atoms with Crippen LogP contribution in [0.2, 0.25) is 0 Å². The second kappa shape index (κ2) is 10.1. The fourth-order valence-corrected chi connectivity index (χ4v) is 3.28. The van der Waals surface area contributed by atoms with Crippen LogP contribution in [0.1, 0.15) is 56.6 Å². The molecule has 0 heterocycles. The van der Waals surface area contributed by atoms with Crippen molar-refractivity contribution < 1.29 is 5.11 Å². The molecule has 0 amide bonds. The molecule has 0 saturated carbocycles. The standard InChI is InChI=1S/C22H30O/c1-2-3-5-11-20(18-19-12-6-4-7-13-19)14-10-16-21-15-8-9-17-22(21)23/h4,6-9,12-13,15,17,20,23H,2-3,5,10-11,14,16,18H2,1H3. The topological polar surface area (TPSA) is 20.2 Å². The van der Waals surface area contributed by atoms with Gasteiger partial charge in [-0.1, -0.05) is 81.1 Å². The van der Waals surface area contributed by atoms with Gasteiger partial charge in [0.25, 0.3) is 0 Å². The monoisotopic (exact) mass is 310 g/mol. The van der Waals surface area contributed by atoms with Gasteiger partial charge < -0.3 is 5.11 Å². The van der Waals surface area contributed by atoms with E-state index in [1.807, 2.05) is 18.2 Å². The van der Waals surface area contributed by atoms with Crippen molar-refractivity contribution in [2.75, 3.05) is 0 Å². The van der Waals surface area contributed by atoms with Crippen molar-refractivity contribution in [2.45, 2.75) is 58.3 Å². The van der Waals surface area contributed by atoms with E-state index in [1.54, 1.807) is 6.07 Å². The van der Waals surface area contributed by atoms with Crippen LogP contribution in [0.3, 0.4) is 0 Å². The summed E-state index contributed by atoms with van der Waals surface area (Å²) in [5.41, 5.74) is 2.54. The molecule has 0 aliphatic carbocycles. The number of hydrogen-bond acceptors (Lipinski definition) is 1. The normalized spacial score (nSPS) is 12.2. The van der Waals surface area contributed by atoms with Gasteiger partial charge in [0, 0.05) is 0 Å². The van der Waals surface area contributed by atoms with Gasteiger partial charge in [0.05, 0.1) is 0 Å². The van der Waals surface area contributed by atoms with Crippen molar-refractivity contribution in [3.8, 4) is 5.75 Å². The van der Waals surface area contributed by atoms with E-state index in [1.165, 1.54) is 44.1 Å². The van der Waals surface area contributed by atoms with Crippen LogP contribution in [-0.2, 0) is 12.8 Å². The molecule has 2 aromatic carbocycles. The van der Waals surface area contributed by atoms with Crippen molar-refractivity contribution in [1.82, 2.24) is 0 Å². The first-order valence-corrected chi connectivity index (χ1v) is 9.10. The lowest BCUT2D eigenvalue weighted by Crippen LogP contribution is -2.06. The van der Waals surface area contributed by atoms with E-state index in [0.29, 0.717) is 5.75 Å². The highest BCUT2D eigenvalue weighted by molar-refractivity contribution is 5.31. The molecule has 23 heavy (non-hydrogen) atoms. The third kappa shape index (κ3) is 6.48. The molecule has 1 nitrogen and oxygen atoms in total. The van der Waals surface area contributed by atoms with Gasteiger partial charge >= 0.3 is 0 Å². The highest BCUT2D eigenvalue weighted by Gasteiger charge is 2.10. The number of benzene rings is 2. The van der Waals surface area contributed by atoms with E-state index in [0.717, 1.165) is 24.3 Å². The van der Waals surface area contributed by atoms with E-state index >= 15 is 0 Å². The first-order valence-electron chi connectivity index (χ1n) is 9.10. The summed E-state index contributed by atoms with van der Waals surface area (Å²) in [6.45, 7) is 2.27.